The van der Waals surface area contributed by atoms with Gasteiger partial charge in [0.2, 0.25) is 15.9 Å². The quantitative estimate of drug-likeness (QED) is 0.747. The molecule has 0 unspecified atom stereocenters. The molecule has 0 aliphatic rings. The Balaban J connectivity index is 2.42. The zero-order chi connectivity index (χ0) is 16.6. The predicted octanol–water partition coefficient (Wildman–Crippen LogP) is 1.55. The Kier molecular flexibility index (Phi) is 7.47. The van der Waals surface area contributed by atoms with Gasteiger partial charge in [-0.15, -0.1) is 0 Å². The molecule has 1 rings (SSSR count). The summed E-state index contributed by atoms with van der Waals surface area (Å²) in [7, 11) is -3.27. The maximum absolute atomic E-state index is 13.0. The molecule has 0 fully saturated rings. The van der Waals surface area contributed by atoms with Crippen molar-refractivity contribution in [3.05, 3.63) is 35.6 Å². The lowest BCUT2D eigenvalue weighted by molar-refractivity contribution is -0.120. The van der Waals surface area contributed by atoms with Gasteiger partial charge in [0, 0.05) is 19.6 Å². The van der Waals surface area contributed by atoms with Crippen molar-refractivity contribution < 1.29 is 17.6 Å². The van der Waals surface area contributed by atoms with Crippen LogP contribution in [0.25, 0.3) is 0 Å². The molecule has 0 bridgehead atoms. The Morgan fingerprint density at radius 1 is 1.32 bits per heavy atom. The van der Waals surface area contributed by atoms with Crippen LogP contribution in [0.1, 0.15) is 25.3 Å². The average Bonchev–Trinajstić information content (AvgIpc) is 2.41. The van der Waals surface area contributed by atoms with E-state index in [0.29, 0.717) is 12.1 Å². The minimum atomic E-state index is -3.27. The third kappa shape index (κ3) is 7.00. The number of unbranched alkanes of at least 4 members (excludes halogenated alkanes) is 1. The second-order valence-electron chi connectivity index (χ2n) is 5.17. The maximum atomic E-state index is 13.0. The van der Waals surface area contributed by atoms with Crippen molar-refractivity contribution in [2.75, 3.05) is 25.9 Å². The Labute approximate surface area is 131 Å². The smallest absolute Gasteiger partial charge is 0.224 e. The van der Waals surface area contributed by atoms with Gasteiger partial charge < -0.3 is 5.32 Å². The number of sulfonamides is 1. The first-order valence-corrected chi connectivity index (χ1v) is 9.14. The minimum Gasteiger partial charge on any atom is -0.354 e. The molecule has 0 saturated heterocycles. The number of carbonyl (C=O) groups excluding carboxylic acids is 1. The van der Waals surface area contributed by atoms with Gasteiger partial charge in [-0.3, -0.25) is 4.79 Å². The van der Waals surface area contributed by atoms with E-state index >= 15 is 0 Å². The van der Waals surface area contributed by atoms with Crippen molar-refractivity contribution in [2.24, 2.45) is 0 Å². The first kappa shape index (κ1) is 18.6. The van der Waals surface area contributed by atoms with Crippen LogP contribution >= 0.6 is 0 Å². The molecule has 5 nitrogen and oxygen atoms in total. The molecular weight excluding hydrogens is 307 g/mol. The highest BCUT2D eigenvalue weighted by Crippen LogP contribution is 2.04. The Hall–Kier alpha value is -1.47. The second-order valence-corrected chi connectivity index (χ2v) is 7.15. The van der Waals surface area contributed by atoms with E-state index in [1.54, 1.807) is 12.1 Å². The van der Waals surface area contributed by atoms with Crippen LogP contribution in [0.2, 0.25) is 0 Å². The summed E-state index contributed by atoms with van der Waals surface area (Å²) in [6.45, 7) is 2.93. The summed E-state index contributed by atoms with van der Waals surface area (Å²) in [4.78, 5) is 11.8. The molecule has 1 amide bonds. The van der Waals surface area contributed by atoms with E-state index < -0.39 is 10.0 Å². The molecule has 0 aromatic heterocycles. The normalized spacial score (nSPS) is 11.6. The van der Waals surface area contributed by atoms with E-state index in [0.717, 1.165) is 19.1 Å². The number of halogens is 1. The third-order valence-corrected chi connectivity index (χ3v) is 4.47. The van der Waals surface area contributed by atoms with Crippen molar-refractivity contribution >= 4 is 15.9 Å². The molecule has 0 spiro atoms. The SMILES string of the molecule is CCCCN(CCNC(=O)Cc1cccc(F)c1)S(C)(=O)=O. The van der Waals surface area contributed by atoms with E-state index in [9.17, 15) is 17.6 Å². The molecule has 0 heterocycles. The summed E-state index contributed by atoms with van der Waals surface area (Å²) < 4.78 is 37.6. The zero-order valence-electron chi connectivity index (χ0n) is 13.0. The Morgan fingerprint density at radius 3 is 2.64 bits per heavy atom. The zero-order valence-corrected chi connectivity index (χ0v) is 13.8. The Morgan fingerprint density at radius 2 is 2.05 bits per heavy atom. The van der Waals surface area contributed by atoms with Gasteiger partial charge in [0.15, 0.2) is 0 Å². The molecule has 22 heavy (non-hydrogen) atoms. The molecular formula is C15H23FN2O3S. The maximum Gasteiger partial charge on any atom is 0.224 e. The molecule has 1 aromatic carbocycles. The lowest BCUT2D eigenvalue weighted by Gasteiger charge is -2.19. The largest absolute Gasteiger partial charge is 0.354 e. The molecule has 0 saturated carbocycles. The van der Waals surface area contributed by atoms with E-state index in [-0.39, 0.29) is 31.2 Å². The summed E-state index contributed by atoms with van der Waals surface area (Å²) >= 11 is 0. The van der Waals surface area contributed by atoms with Crippen molar-refractivity contribution in [2.45, 2.75) is 26.2 Å². The molecule has 1 aromatic rings. The van der Waals surface area contributed by atoms with E-state index in [1.807, 2.05) is 6.92 Å². The predicted molar refractivity (Wildman–Crippen MR) is 84.4 cm³/mol. The average molecular weight is 330 g/mol. The summed E-state index contributed by atoms with van der Waals surface area (Å²) in [6, 6.07) is 5.85. The summed E-state index contributed by atoms with van der Waals surface area (Å²) in [5.74, 6) is -0.636. The molecule has 0 radical (unpaired) electrons. The fraction of sp³-hybridized carbons (Fsp3) is 0.533. The fourth-order valence-electron chi connectivity index (χ4n) is 1.99. The number of nitrogens with zero attached hydrogens (tertiary/aromatic N) is 1. The van der Waals surface area contributed by atoms with Crippen molar-refractivity contribution in [1.29, 1.82) is 0 Å². The lowest BCUT2D eigenvalue weighted by atomic mass is 10.1. The van der Waals surface area contributed by atoms with Crippen molar-refractivity contribution in [3.8, 4) is 0 Å². The molecule has 0 aliphatic carbocycles. The Bertz CT molecular complexity index is 590. The summed E-state index contributed by atoms with van der Waals surface area (Å²) in [5, 5.41) is 2.66. The second kappa shape index (κ2) is 8.85. The number of carbonyl (C=O) groups is 1. The molecule has 124 valence electrons. The fourth-order valence-corrected chi connectivity index (χ4v) is 2.88. The van der Waals surface area contributed by atoms with Crippen LogP contribution in [0.3, 0.4) is 0 Å². The van der Waals surface area contributed by atoms with E-state index in [4.69, 9.17) is 0 Å². The number of hydrogen-bond acceptors (Lipinski definition) is 3. The monoisotopic (exact) mass is 330 g/mol. The van der Waals surface area contributed by atoms with E-state index in [2.05, 4.69) is 5.32 Å². The van der Waals surface area contributed by atoms with Gasteiger partial charge in [-0.05, 0) is 24.1 Å². The number of nitrogens with one attached hydrogen (secondary N) is 1. The van der Waals surface area contributed by atoms with Crippen LogP contribution in [-0.2, 0) is 21.2 Å². The number of hydrogen-bond donors (Lipinski definition) is 1. The third-order valence-electron chi connectivity index (χ3n) is 3.17. The standard InChI is InChI=1S/C15H23FN2O3S/c1-3-4-9-18(22(2,20)21)10-8-17-15(19)12-13-6-5-7-14(16)11-13/h5-7,11H,3-4,8-10,12H2,1-2H3,(H,17,19). The van der Waals surface area contributed by atoms with Gasteiger partial charge in [0.05, 0.1) is 12.7 Å². The van der Waals surface area contributed by atoms with Crippen molar-refractivity contribution in [3.63, 3.8) is 0 Å². The molecule has 1 N–H and O–H groups in total. The molecule has 0 aliphatic heterocycles. The summed E-state index contributed by atoms with van der Waals surface area (Å²) in [5.41, 5.74) is 0.587. The van der Waals surface area contributed by atoms with Gasteiger partial charge in [-0.1, -0.05) is 25.5 Å². The van der Waals surface area contributed by atoms with Crippen LogP contribution in [0, 0.1) is 5.82 Å². The number of amides is 1. The summed E-state index contributed by atoms with van der Waals surface area (Å²) in [6.07, 6.45) is 2.92. The highest BCUT2D eigenvalue weighted by Gasteiger charge is 2.15. The van der Waals surface area contributed by atoms with Crippen LogP contribution < -0.4 is 5.32 Å². The first-order valence-electron chi connectivity index (χ1n) is 7.29. The number of rotatable bonds is 9. The number of benzene rings is 1. The highest BCUT2D eigenvalue weighted by molar-refractivity contribution is 7.88. The minimum absolute atomic E-state index is 0.0750. The van der Waals surface area contributed by atoms with Crippen LogP contribution in [-0.4, -0.2) is 44.5 Å². The van der Waals surface area contributed by atoms with Crippen LogP contribution in [0.15, 0.2) is 24.3 Å². The first-order chi connectivity index (χ1) is 10.3. The molecule has 0 atom stereocenters. The van der Waals surface area contributed by atoms with Gasteiger partial charge in [-0.2, -0.15) is 0 Å². The van der Waals surface area contributed by atoms with Crippen molar-refractivity contribution in [1.82, 2.24) is 9.62 Å². The lowest BCUT2D eigenvalue weighted by Crippen LogP contribution is -2.39. The topological polar surface area (TPSA) is 66.5 Å². The van der Waals surface area contributed by atoms with Crippen LogP contribution in [0.5, 0.6) is 0 Å². The van der Waals surface area contributed by atoms with Gasteiger partial charge in [0.25, 0.3) is 0 Å². The van der Waals surface area contributed by atoms with Gasteiger partial charge >= 0.3 is 0 Å². The molecule has 7 heteroatoms. The van der Waals surface area contributed by atoms with Crippen LogP contribution in [0.4, 0.5) is 4.39 Å². The van der Waals surface area contributed by atoms with Gasteiger partial charge in [-0.25, -0.2) is 17.1 Å². The van der Waals surface area contributed by atoms with E-state index in [1.165, 1.54) is 16.4 Å². The highest BCUT2D eigenvalue weighted by atomic mass is 32.2. The van der Waals surface area contributed by atoms with Gasteiger partial charge in [0.1, 0.15) is 5.82 Å².